The average molecular weight is 241 g/mol. The van der Waals surface area contributed by atoms with Crippen LogP contribution >= 0.6 is 0 Å². The van der Waals surface area contributed by atoms with Gasteiger partial charge in [0.2, 0.25) is 0 Å². The normalized spacial score (nSPS) is 31.9. The third-order valence-corrected chi connectivity index (χ3v) is 3.16. The number of carboxylic acid groups (broad SMARTS) is 1. The Morgan fingerprint density at radius 1 is 1.41 bits per heavy atom. The minimum Gasteiger partial charge on any atom is -0.480 e. The number of hydrogen-bond acceptors (Lipinski definition) is 4. The van der Waals surface area contributed by atoms with E-state index in [2.05, 4.69) is 10.1 Å². The molecule has 2 heterocycles. The Bertz CT molecular complexity index is 340. The number of amides is 1. The third kappa shape index (κ3) is 2.58. The van der Waals surface area contributed by atoms with Crippen LogP contribution in [-0.2, 0) is 14.3 Å². The predicted octanol–water partition coefficient (Wildman–Crippen LogP) is 0.529. The molecule has 2 N–H and O–H groups in total. The molecule has 0 aromatic heterocycles. The summed E-state index contributed by atoms with van der Waals surface area (Å²) in [7, 11) is 1.21. The second-order valence-electron chi connectivity index (χ2n) is 4.28. The standard InChI is InChI=1S/C11H15NO5/c1-16-11(15)12-9(10(13)14)6-4-7-2-3-8(5-6)17-7/h2-3,6-9H,4-5H2,1H3,(H,12,15)(H,13,14). The van der Waals surface area contributed by atoms with Gasteiger partial charge in [-0.15, -0.1) is 0 Å². The molecule has 1 fully saturated rings. The van der Waals surface area contributed by atoms with Crippen molar-refractivity contribution < 1.29 is 24.2 Å². The van der Waals surface area contributed by atoms with Crippen molar-refractivity contribution in [2.24, 2.45) is 5.92 Å². The first-order valence-electron chi connectivity index (χ1n) is 5.51. The number of aliphatic carboxylic acids is 1. The zero-order valence-corrected chi connectivity index (χ0v) is 9.46. The van der Waals surface area contributed by atoms with Gasteiger partial charge in [-0.3, -0.25) is 0 Å². The molecule has 0 aromatic carbocycles. The molecule has 2 aliphatic heterocycles. The van der Waals surface area contributed by atoms with Crippen LogP contribution in [0.4, 0.5) is 4.79 Å². The first kappa shape index (κ1) is 11.9. The predicted molar refractivity (Wildman–Crippen MR) is 57.5 cm³/mol. The molecule has 6 nitrogen and oxygen atoms in total. The number of ether oxygens (including phenoxy) is 2. The fourth-order valence-corrected chi connectivity index (χ4v) is 2.36. The molecular weight excluding hydrogens is 226 g/mol. The summed E-state index contributed by atoms with van der Waals surface area (Å²) in [6.07, 6.45) is 4.33. The highest BCUT2D eigenvalue weighted by molar-refractivity contribution is 5.80. The van der Waals surface area contributed by atoms with Gasteiger partial charge in [-0.2, -0.15) is 0 Å². The molecule has 3 atom stereocenters. The lowest BCUT2D eigenvalue weighted by atomic mass is 9.88. The van der Waals surface area contributed by atoms with Crippen LogP contribution < -0.4 is 5.32 Å². The summed E-state index contributed by atoms with van der Waals surface area (Å²) in [6.45, 7) is 0. The van der Waals surface area contributed by atoms with Crippen LogP contribution in [0, 0.1) is 5.92 Å². The fraction of sp³-hybridized carbons (Fsp3) is 0.636. The number of rotatable bonds is 3. The van der Waals surface area contributed by atoms with E-state index in [0.29, 0.717) is 12.8 Å². The van der Waals surface area contributed by atoms with Crippen LogP contribution in [0.2, 0.25) is 0 Å². The van der Waals surface area contributed by atoms with Gasteiger partial charge < -0.3 is 19.9 Å². The van der Waals surface area contributed by atoms with E-state index in [9.17, 15) is 9.59 Å². The molecule has 0 saturated carbocycles. The average Bonchev–Trinajstić information content (AvgIpc) is 2.64. The minimum atomic E-state index is -1.04. The minimum absolute atomic E-state index is 0.0277. The summed E-state index contributed by atoms with van der Waals surface area (Å²) in [5.74, 6) is -1.17. The molecule has 1 saturated heterocycles. The van der Waals surface area contributed by atoms with Gasteiger partial charge in [0.15, 0.2) is 0 Å². The third-order valence-electron chi connectivity index (χ3n) is 3.16. The molecule has 0 radical (unpaired) electrons. The fourth-order valence-electron chi connectivity index (χ4n) is 2.36. The molecule has 6 heteroatoms. The Hall–Kier alpha value is -1.56. The molecule has 94 valence electrons. The Morgan fingerprint density at radius 3 is 2.47 bits per heavy atom. The number of carbonyl (C=O) groups is 2. The van der Waals surface area contributed by atoms with E-state index in [1.54, 1.807) is 0 Å². The molecule has 1 amide bonds. The number of hydrogen-bond donors (Lipinski definition) is 2. The van der Waals surface area contributed by atoms with Crippen molar-refractivity contribution in [3.63, 3.8) is 0 Å². The van der Waals surface area contributed by atoms with Gasteiger partial charge in [-0.25, -0.2) is 9.59 Å². The van der Waals surface area contributed by atoms with Gasteiger partial charge in [0.1, 0.15) is 6.04 Å². The summed E-state index contributed by atoms with van der Waals surface area (Å²) in [4.78, 5) is 22.3. The van der Waals surface area contributed by atoms with Crippen LogP contribution in [0.15, 0.2) is 12.2 Å². The number of methoxy groups -OCH3 is 1. The van der Waals surface area contributed by atoms with Crippen molar-refractivity contribution in [3.8, 4) is 0 Å². The second-order valence-corrected chi connectivity index (χ2v) is 4.28. The summed E-state index contributed by atoms with van der Waals surface area (Å²) in [5, 5.41) is 11.5. The van der Waals surface area contributed by atoms with E-state index >= 15 is 0 Å². The molecule has 2 bridgehead atoms. The summed E-state index contributed by atoms with van der Waals surface area (Å²) < 4.78 is 9.97. The van der Waals surface area contributed by atoms with Crippen molar-refractivity contribution >= 4 is 12.1 Å². The lowest BCUT2D eigenvalue weighted by molar-refractivity contribution is -0.142. The highest BCUT2D eigenvalue weighted by Crippen LogP contribution is 2.33. The van der Waals surface area contributed by atoms with E-state index in [-0.39, 0.29) is 18.1 Å². The van der Waals surface area contributed by atoms with Gasteiger partial charge >= 0.3 is 12.1 Å². The number of alkyl carbamates (subject to hydrolysis) is 1. The maximum atomic E-state index is 11.2. The van der Waals surface area contributed by atoms with E-state index in [0.717, 1.165) is 0 Å². The zero-order valence-electron chi connectivity index (χ0n) is 9.46. The summed E-state index contributed by atoms with van der Waals surface area (Å²) in [5.41, 5.74) is 0. The van der Waals surface area contributed by atoms with E-state index in [1.807, 2.05) is 12.2 Å². The number of carboxylic acids is 1. The Kier molecular flexibility index (Phi) is 3.33. The quantitative estimate of drug-likeness (QED) is 0.704. The molecule has 2 aliphatic rings. The molecule has 3 unspecified atom stereocenters. The molecular formula is C11H15NO5. The van der Waals surface area contributed by atoms with Crippen molar-refractivity contribution in [2.45, 2.75) is 31.1 Å². The lowest BCUT2D eigenvalue weighted by Gasteiger charge is -2.32. The van der Waals surface area contributed by atoms with E-state index in [4.69, 9.17) is 9.84 Å². The van der Waals surface area contributed by atoms with Crippen LogP contribution in [0.5, 0.6) is 0 Å². The van der Waals surface area contributed by atoms with Crippen LogP contribution in [0.1, 0.15) is 12.8 Å². The summed E-state index contributed by atoms with van der Waals surface area (Å²) in [6, 6.07) is -0.920. The first-order valence-corrected chi connectivity index (χ1v) is 5.51. The van der Waals surface area contributed by atoms with Gasteiger partial charge in [0, 0.05) is 0 Å². The van der Waals surface area contributed by atoms with Gasteiger partial charge in [-0.1, -0.05) is 12.2 Å². The number of nitrogens with one attached hydrogen (secondary N) is 1. The Morgan fingerprint density at radius 2 is 2.00 bits per heavy atom. The van der Waals surface area contributed by atoms with Crippen molar-refractivity contribution in [1.82, 2.24) is 5.32 Å². The highest BCUT2D eigenvalue weighted by Gasteiger charge is 2.39. The van der Waals surface area contributed by atoms with Gasteiger partial charge in [0.05, 0.1) is 19.3 Å². The van der Waals surface area contributed by atoms with Gasteiger partial charge in [-0.05, 0) is 18.8 Å². The van der Waals surface area contributed by atoms with Crippen LogP contribution in [0.25, 0.3) is 0 Å². The number of fused-ring (bicyclic) bond motifs is 2. The van der Waals surface area contributed by atoms with Gasteiger partial charge in [0.25, 0.3) is 0 Å². The first-order chi connectivity index (χ1) is 8.10. The Balaban J connectivity index is 2.01. The molecule has 17 heavy (non-hydrogen) atoms. The van der Waals surface area contributed by atoms with E-state index in [1.165, 1.54) is 7.11 Å². The topological polar surface area (TPSA) is 84.9 Å². The van der Waals surface area contributed by atoms with Crippen LogP contribution in [0.3, 0.4) is 0 Å². The Labute approximate surface area is 98.6 Å². The highest BCUT2D eigenvalue weighted by atomic mass is 16.5. The van der Waals surface area contributed by atoms with Crippen molar-refractivity contribution in [1.29, 1.82) is 0 Å². The van der Waals surface area contributed by atoms with Crippen molar-refractivity contribution in [3.05, 3.63) is 12.2 Å². The molecule has 0 aromatic rings. The maximum Gasteiger partial charge on any atom is 0.407 e. The summed E-state index contributed by atoms with van der Waals surface area (Å²) >= 11 is 0. The largest absolute Gasteiger partial charge is 0.480 e. The molecule has 2 rings (SSSR count). The van der Waals surface area contributed by atoms with Crippen molar-refractivity contribution in [2.75, 3.05) is 7.11 Å². The molecule has 0 spiro atoms. The maximum absolute atomic E-state index is 11.2. The van der Waals surface area contributed by atoms with E-state index < -0.39 is 18.1 Å². The molecule has 0 aliphatic carbocycles. The SMILES string of the molecule is COC(=O)NC(C(=O)O)C1CC2C=CC(C1)O2. The second kappa shape index (κ2) is 4.75. The lowest BCUT2D eigenvalue weighted by Crippen LogP contribution is -2.48. The number of carbonyl (C=O) groups excluding carboxylic acids is 1. The monoisotopic (exact) mass is 241 g/mol. The van der Waals surface area contributed by atoms with Crippen LogP contribution in [-0.4, -0.2) is 42.5 Å². The zero-order chi connectivity index (χ0) is 12.4. The smallest absolute Gasteiger partial charge is 0.407 e.